The first-order valence-electron chi connectivity index (χ1n) is 6.98. The first-order chi connectivity index (χ1) is 11.3. The molecule has 1 N–H and O–H groups in total. The predicted octanol–water partition coefficient (Wildman–Crippen LogP) is 5.06. The number of carbonyl (C=O) groups is 2. The lowest BCUT2D eigenvalue weighted by Crippen LogP contribution is -2.22. The zero-order valence-electron chi connectivity index (χ0n) is 13.0. The standard InChI is InChI=1S/C17H14Cl3NO3/c1-9-4-3-5-10(2)16(9)21-13(22)8-24-17(23)14-11(18)6-7-12(19)15(14)20/h3-7H,8H2,1-2H3,(H,21,22). The number of esters is 1. The molecular weight excluding hydrogens is 373 g/mol. The Morgan fingerprint density at radius 1 is 1.00 bits per heavy atom. The second-order valence-electron chi connectivity index (χ2n) is 5.11. The summed E-state index contributed by atoms with van der Waals surface area (Å²) in [5.41, 5.74) is 2.45. The second-order valence-corrected chi connectivity index (χ2v) is 6.30. The summed E-state index contributed by atoms with van der Waals surface area (Å²) < 4.78 is 4.98. The van der Waals surface area contributed by atoms with E-state index in [9.17, 15) is 9.59 Å². The van der Waals surface area contributed by atoms with Gasteiger partial charge in [0.05, 0.1) is 20.6 Å². The van der Waals surface area contributed by atoms with Gasteiger partial charge in [0, 0.05) is 5.69 Å². The van der Waals surface area contributed by atoms with Crippen LogP contribution in [0.15, 0.2) is 30.3 Å². The molecule has 0 bridgehead atoms. The monoisotopic (exact) mass is 385 g/mol. The van der Waals surface area contributed by atoms with Gasteiger partial charge in [-0.3, -0.25) is 4.79 Å². The summed E-state index contributed by atoms with van der Waals surface area (Å²) in [4.78, 5) is 24.1. The average Bonchev–Trinajstić information content (AvgIpc) is 2.53. The Labute approximate surface area is 154 Å². The van der Waals surface area contributed by atoms with Crippen LogP contribution < -0.4 is 5.32 Å². The number of carbonyl (C=O) groups excluding carboxylic acids is 2. The fourth-order valence-corrected chi connectivity index (χ4v) is 2.79. The van der Waals surface area contributed by atoms with Gasteiger partial charge in [-0.2, -0.15) is 0 Å². The van der Waals surface area contributed by atoms with Crippen LogP contribution >= 0.6 is 34.8 Å². The summed E-state index contributed by atoms with van der Waals surface area (Å²) in [5.74, 6) is -1.28. The molecule has 0 aliphatic carbocycles. The number of ether oxygens (including phenoxy) is 1. The zero-order chi connectivity index (χ0) is 17.9. The third-order valence-electron chi connectivity index (χ3n) is 3.33. The Bertz CT molecular complexity index is 786. The molecule has 0 unspecified atom stereocenters. The van der Waals surface area contributed by atoms with Gasteiger partial charge in [-0.25, -0.2) is 4.79 Å². The van der Waals surface area contributed by atoms with Gasteiger partial charge in [-0.1, -0.05) is 53.0 Å². The Morgan fingerprint density at radius 2 is 1.58 bits per heavy atom. The van der Waals surface area contributed by atoms with E-state index in [2.05, 4.69) is 5.32 Å². The topological polar surface area (TPSA) is 55.4 Å². The summed E-state index contributed by atoms with van der Waals surface area (Å²) in [7, 11) is 0. The van der Waals surface area contributed by atoms with Crippen molar-refractivity contribution in [1.29, 1.82) is 0 Å². The molecule has 0 aromatic heterocycles. The Hall–Kier alpha value is -1.75. The van der Waals surface area contributed by atoms with Gasteiger partial charge >= 0.3 is 5.97 Å². The highest BCUT2D eigenvalue weighted by molar-refractivity contribution is 6.46. The molecule has 24 heavy (non-hydrogen) atoms. The normalized spacial score (nSPS) is 10.4. The van der Waals surface area contributed by atoms with Crippen LogP contribution in [0.1, 0.15) is 21.5 Å². The molecule has 2 rings (SSSR count). The smallest absolute Gasteiger partial charge is 0.341 e. The minimum Gasteiger partial charge on any atom is -0.452 e. The molecule has 7 heteroatoms. The quantitative estimate of drug-likeness (QED) is 0.590. The molecule has 0 radical (unpaired) electrons. The maximum Gasteiger partial charge on any atom is 0.341 e. The van der Waals surface area contributed by atoms with Crippen molar-refractivity contribution >= 4 is 52.4 Å². The number of hydrogen-bond donors (Lipinski definition) is 1. The molecule has 0 aliphatic rings. The minimum absolute atomic E-state index is 0.00989. The Kier molecular flexibility index (Phi) is 6.10. The van der Waals surface area contributed by atoms with Crippen molar-refractivity contribution in [2.24, 2.45) is 0 Å². The molecule has 4 nitrogen and oxygen atoms in total. The number of halogens is 3. The molecule has 0 heterocycles. The van der Waals surface area contributed by atoms with Crippen molar-refractivity contribution in [3.8, 4) is 0 Å². The Balaban J connectivity index is 2.05. The summed E-state index contributed by atoms with van der Waals surface area (Å²) in [5, 5.41) is 2.98. The van der Waals surface area contributed by atoms with Crippen LogP contribution in [-0.4, -0.2) is 18.5 Å². The number of anilines is 1. The van der Waals surface area contributed by atoms with E-state index in [0.717, 1.165) is 11.1 Å². The maximum absolute atomic E-state index is 12.1. The fourth-order valence-electron chi connectivity index (χ4n) is 2.10. The molecule has 0 saturated carbocycles. The molecule has 0 aliphatic heterocycles. The van der Waals surface area contributed by atoms with Gasteiger partial charge in [0.15, 0.2) is 6.61 Å². The van der Waals surface area contributed by atoms with E-state index >= 15 is 0 Å². The molecule has 0 saturated heterocycles. The third kappa shape index (κ3) is 4.20. The average molecular weight is 387 g/mol. The van der Waals surface area contributed by atoms with Crippen molar-refractivity contribution < 1.29 is 14.3 Å². The van der Waals surface area contributed by atoms with Crippen molar-refractivity contribution in [2.75, 3.05) is 11.9 Å². The molecule has 1 amide bonds. The summed E-state index contributed by atoms with van der Waals surface area (Å²) in [6, 6.07) is 8.55. The lowest BCUT2D eigenvalue weighted by atomic mass is 10.1. The van der Waals surface area contributed by atoms with Gasteiger partial charge in [0.25, 0.3) is 5.91 Å². The number of para-hydroxylation sites is 1. The molecule has 0 atom stereocenters. The van der Waals surface area contributed by atoms with Crippen LogP contribution in [0.3, 0.4) is 0 Å². The van der Waals surface area contributed by atoms with Crippen molar-refractivity contribution in [1.82, 2.24) is 0 Å². The molecule has 2 aromatic carbocycles. The van der Waals surface area contributed by atoms with Crippen LogP contribution in [0.25, 0.3) is 0 Å². The van der Waals surface area contributed by atoms with Crippen LogP contribution in [0.5, 0.6) is 0 Å². The Morgan fingerprint density at radius 3 is 2.21 bits per heavy atom. The van der Waals surface area contributed by atoms with Gasteiger partial charge in [-0.15, -0.1) is 0 Å². The van der Waals surface area contributed by atoms with Gasteiger partial charge in [0.2, 0.25) is 0 Å². The lowest BCUT2D eigenvalue weighted by molar-refractivity contribution is -0.119. The van der Waals surface area contributed by atoms with Crippen molar-refractivity contribution in [3.05, 3.63) is 62.1 Å². The van der Waals surface area contributed by atoms with Gasteiger partial charge in [0.1, 0.15) is 0 Å². The van der Waals surface area contributed by atoms with E-state index in [1.54, 1.807) is 0 Å². The van der Waals surface area contributed by atoms with Crippen LogP contribution in [0, 0.1) is 13.8 Å². The molecule has 2 aromatic rings. The molecule has 126 valence electrons. The van der Waals surface area contributed by atoms with Crippen molar-refractivity contribution in [2.45, 2.75) is 13.8 Å². The third-order valence-corrected chi connectivity index (χ3v) is 4.45. The van der Waals surface area contributed by atoms with Crippen LogP contribution in [0.2, 0.25) is 15.1 Å². The van der Waals surface area contributed by atoms with E-state index in [1.807, 2.05) is 32.0 Å². The van der Waals surface area contributed by atoms with Crippen LogP contribution in [0.4, 0.5) is 5.69 Å². The highest BCUT2D eigenvalue weighted by Crippen LogP contribution is 2.31. The first-order valence-corrected chi connectivity index (χ1v) is 8.11. The number of rotatable bonds is 4. The highest BCUT2D eigenvalue weighted by Gasteiger charge is 2.20. The number of hydrogen-bond acceptors (Lipinski definition) is 3. The fraction of sp³-hybridized carbons (Fsp3) is 0.176. The zero-order valence-corrected chi connectivity index (χ0v) is 15.2. The van der Waals surface area contributed by atoms with E-state index in [4.69, 9.17) is 39.5 Å². The predicted molar refractivity (Wildman–Crippen MR) is 96.3 cm³/mol. The SMILES string of the molecule is Cc1cccc(C)c1NC(=O)COC(=O)c1c(Cl)ccc(Cl)c1Cl. The van der Waals surface area contributed by atoms with Crippen LogP contribution in [-0.2, 0) is 9.53 Å². The van der Waals surface area contributed by atoms with E-state index in [-0.39, 0.29) is 20.6 Å². The molecule has 0 spiro atoms. The highest BCUT2D eigenvalue weighted by atomic mass is 35.5. The van der Waals surface area contributed by atoms with E-state index in [1.165, 1.54) is 12.1 Å². The molecule has 0 fully saturated rings. The summed E-state index contributed by atoms with van der Waals surface area (Å²) >= 11 is 17.8. The number of amides is 1. The number of benzene rings is 2. The van der Waals surface area contributed by atoms with Crippen molar-refractivity contribution in [3.63, 3.8) is 0 Å². The largest absolute Gasteiger partial charge is 0.452 e. The molecular formula is C17H14Cl3NO3. The van der Waals surface area contributed by atoms with E-state index < -0.39 is 18.5 Å². The first kappa shape index (κ1) is 18.6. The number of nitrogens with one attached hydrogen (secondary N) is 1. The van der Waals surface area contributed by atoms with Gasteiger partial charge in [-0.05, 0) is 37.1 Å². The maximum atomic E-state index is 12.1. The second kappa shape index (κ2) is 7.88. The van der Waals surface area contributed by atoms with E-state index in [0.29, 0.717) is 5.69 Å². The lowest BCUT2D eigenvalue weighted by Gasteiger charge is -2.12. The summed E-state index contributed by atoms with van der Waals surface area (Å²) in [6.45, 7) is 3.28. The summed E-state index contributed by atoms with van der Waals surface area (Å²) in [6.07, 6.45) is 0. The van der Waals surface area contributed by atoms with Gasteiger partial charge < -0.3 is 10.1 Å². The minimum atomic E-state index is -0.816. The number of aryl methyl sites for hydroxylation is 2.